The minimum absolute atomic E-state index is 0.157. The summed E-state index contributed by atoms with van der Waals surface area (Å²) in [7, 11) is -2.91. The van der Waals surface area contributed by atoms with E-state index in [1.54, 1.807) is 26.0 Å². The fraction of sp³-hybridized carbons (Fsp3) is 0.231. The Labute approximate surface area is 116 Å². The second kappa shape index (κ2) is 4.84. The normalized spacial score (nSPS) is 12.4. The Morgan fingerprint density at radius 2 is 1.75 bits per heavy atom. The second-order valence-corrected chi connectivity index (χ2v) is 5.83. The number of nitrogens with zero attached hydrogens (tertiary/aromatic N) is 2. The summed E-state index contributed by atoms with van der Waals surface area (Å²) in [5.74, 6) is -0.157. The van der Waals surface area contributed by atoms with E-state index in [2.05, 4.69) is 10.2 Å². The van der Waals surface area contributed by atoms with E-state index in [0.717, 1.165) is 0 Å². The molecule has 0 fully saturated rings. The van der Waals surface area contributed by atoms with E-state index in [9.17, 15) is 18.1 Å². The van der Waals surface area contributed by atoms with Crippen LogP contribution in [0.5, 0.6) is 5.75 Å². The van der Waals surface area contributed by atoms with E-state index in [4.69, 9.17) is 0 Å². The van der Waals surface area contributed by atoms with Gasteiger partial charge in [0.1, 0.15) is 10.6 Å². The maximum Gasteiger partial charge on any atom is 0.295 e. The van der Waals surface area contributed by atoms with E-state index in [0.29, 0.717) is 16.5 Å². The topological polar surface area (TPSA) is 99.3 Å². The summed E-state index contributed by atoms with van der Waals surface area (Å²) in [6.45, 7) is 3.26. The predicted octanol–water partition coefficient (Wildman–Crippen LogP) is 3.12. The number of fused-ring (bicyclic) bond motifs is 1. The highest BCUT2D eigenvalue weighted by Gasteiger charge is 2.20. The number of aromatic hydroxyl groups is 1. The third-order valence-electron chi connectivity index (χ3n) is 3.06. The third-order valence-corrected chi connectivity index (χ3v) is 4.12. The molecule has 0 unspecified atom stereocenters. The molecule has 0 aliphatic heterocycles. The Balaban J connectivity index is 3.03. The molecule has 0 bridgehead atoms. The van der Waals surface area contributed by atoms with E-state index >= 15 is 0 Å². The van der Waals surface area contributed by atoms with Gasteiger partial charge in [-0.15, -0.1) is 0 Å². The van der Waals surface area contributed by atoms with Crippen LogP contribution in [-0.4, -0.2) is 25.1 Å². The lowest BCUT2D eigenvalue weighted by Crippen LogP contribution is -2.02. The first-order valence-electron chi connectivity index (χ1n) is 5.80. The van der Waals surface area contributed by atoms with Gasteiger partial charge in [-0.1, -0.05) is 12.1 Å². The van der Waals surface area contributed by atoms with Crippen molar-refractivity contribution in [2.45, 2.75) is 18.7 Å². The van der Waals surface area contributed by atoms with E-state index < -0.39 is 10.1 Å². The Bertz CT molecular complexity index is 826. The summed E-state index contributed by atoms with van der Waals surface area (Å²) in [5, 5.41) is 18.2. The van der Waals surface area contributed by atoms with Gasteiger partial charge < -0.3 is 5.11 Å². The molecule has 0 heterocycles. The van der Waals surface area contributed by atoms with Crippen LogP contribution in [0.4, 0.5) is 5.69 Å². The molecule has 2 aromatic carbocycles. The van der Waals surface area contributed by atoms with Crippen LogP contribution in [0, 0.1) is 13.8 Å². The quantitative estimate of drug-likeness (QED) is 0.656. The van der Waals surface area contributed by atoms with Gasteiger partial charge in [-0.05, 0) is 31.0 Å². The van der Waals surface area contributed by atoms with Crippen molar-refractivity contribution < 1.29 is 18.1 Å². The molecule has 2 rings (SSSR count). The Hall–Kier alpha value is -1.99. The van der Waals surface area contributed by atoms with E-state index in [1.165, 1.54) is 13.1 Å². The number of aryl methyl sites for hydroxylation is 2. The molecule has 0 aliphatic carbocycles. The number of rotatable bonds is 2. The van der Waals surface area contributed by atoms with Crippen LogP contribution in [0.25, 0.3) is 10.8 Å². The lowest BCUT2D eigenvalue weighted by molar-refractivity contribution is 0.481. The van der Waals surface area contributed by atoms with Crippen molar-refractivity contribution in [3.8, 4) is 5.75 Å². The van der Waals surface area contributed by atoms with Gasteiger partial charge in [-0.2, -0.15) is 18.6 Å². The summed E-state index contributed by atoms with van der Waals surface area (Å²) in [6.07, 6.45) is 0. The largest absolute Gasteiger partial charge is 0.505 e. The standard InChI is InChI=1S/C13H14N2O4S/c1-7-4-5-9-10(13(7)20(17,18)19)6-8(2)11(12(9)16)15-14-3/h4-6,16H,1-3H3,(H,17,18,19). The molecular weight excluding hydrogens is 280 g/mol. The highest BCUT2D eigenvalue weighted by atomic mass is 32.2. The lowest BCUT2D eigenvalue weighted by atomic mass is 10.0. The first kappa shape index (κ1) is 14.4. The average Bonchev–Trinajstić information content (AvgIpc) is 2.32. The molecule has 0 radical (unpaired) electrons. The molecular formula is C13H14N2O4S. The van der Waals surface area contributed by atoms with Crippen LogP contribution in [0.1, 0.15) is 11.1 Å². The summed E-state index contributed by atoms with van der Waals surface area (Å²) < 4.78 is 32.4. The van der Waals surface area contributed by atoms with Crippen LogP contribution in [0.15, 0.2) is 33.3 Å². The van der Waals surface area contributed by atoms with Crippen LogP contribution in [0.3, 0.4) is 0 Å². The zero-order chi connectivity index (χ0) is 15.1. The predicted molar refractivity (Wildman–Crippen MR) is 75.3 cm³/mol. The van der Waals surface area contributed by atoms with Gasteiger partial charge in [0.2, 0.25) is 0 Å². The van der Waals surface area contributed by atoms with Crippen molar-refractivity contribution >= 4 is 26.6 Å². The molecule has 0 spiro atoms. The van der Waals surface area contributed by atoms with Crippen LogP contribution in [0.2, 0.25) is 0 Å². The van der Waals surface area contributed by atoms with Crippen molar-refractivity contribution in [3.05, 3.63) is 29.3 Å². The molecule has 106 valence electrons. The number of hydrogen-bond donors (Lipinski definition) is 2. The van der Waals surface area contributed by atoms with Crippen molar-refractivity contribution in [2.75, 3.05) is 7.05 Å². The molecule has 7 heteroatoms. The Morgan fingerprint density at radius 1 is 1.10 bits per heavy atom. The minimum Gasteiger partial charge on any atom is -0.505 e. The van der Waals surface area contributed by atoms with Crippen molar-refractivity contribution in [2.24, 2.45) is 10.2 Å². The van der Waals surface area contributed by atoms with Crippen molar-refractivity contribution in [1.82, 2.24) is 0 Å². The zero-order valence-electron chi connectivity index (χ0n) is 11.2. The first-order chi connectivity index (χ1) is 9.27. The smallest absolute Gasteiger partial charge is 0.295 e. The number of phenols is 1. The van der Waals surface area contributed by atoms with Crippen LogP contribution >= 0.6 is 0 Å². The average molecular weight is 294 g/mol. The van der Waals surface area contributed by atoms with E-state index in [1.807, 2.05) is 0 Å². The summed E-state index contributed by atoms with van der Waals surface area (Å²) >= 11 is 0. The number of hydrogen-bond acceptors (Lipinski definition) is 5. The monoisotopic (exact) mass is 294 g/mol. The molecule has 6 nitrogen and oxygen atoms in total. The SMILES string of the molecule is CN=Nc1c(C)cc2c(S(=O)(=O)O)c(C)ccc2c1O. The first-order valence-corrected chi connectivity index (χ1v) is 7.24. The van der Waals surface area contributed by atoms with Gasteiger partial charge in [0.05, 0.1) is 0 Å². The van der Waals surface area contributed by atoms with Crippen LogP contribution in [-0.2, 0) is 10.1 Å². The Morgan fingerprint density at radius 3 is 2.30 bits per heavy atom. The molecule has 0 saturated heterocycles. The van der Waals surface area contributed by atoms with Gasteiger partial charge >= 0.3 is 0 Å². The highest BCUT2D eigenvalue weighted by Crippen LogP contribution is 2.40. The number of phenolic OH excluding ortho intramolecular Hbond substituents is 1. The van der Waals surface area contributed by atoms with Gasteiger partial charge in [0.25, 0.3) is 10.1 Å². The molecule has 0 aliphatic rings. The molecule has 0 amide bonds. The number of benzene rings is 2. The second-order valence-electron chi connectivity index (χ2n) is 4.47. The summed E-state index contributed by atoms with van der Waals surface area (Å²) in [5.41, 5.74) is 1.25. The van der Waals surface area contributed by atoms with Gasteiger partial charge in [0.15, 0.2) is 5.75 Å². The van der Waals surface area contributed by atoms with E-state index in [-0.39, 0.29) is 21.7 Å². The maximum atomic E-state index is 11.5. The molecule has 0 saturated carbocycles. The number of azo groups is 1. The van der Waals surface area contributed by atoms with Crippen molar-refractivity contribution in [1.29, 1.82) is 0 Å². The van der Waals surface area contributed by atoms with Crippen LogP contribution < -0.4 is 0 Å². The third kappa shape index (κ3) is 2.25. The van der Waals surface area contributed by atoms with Gasteiger partial charge in [-0.25, -0.2) is 0 Å². The Kier molecular flexibility index (Phi) is 3.49. The summed E-state index contributed by atoms with van der Waals surface area (Å²) in [4.78, 5) is -0.201. The molecule has 0 aromatic heterocycles. The minimum atomic E-state index is -4.38. The van der Waals surface area contributed by atoms with Gasteiger partial charge in [0, 0.05) is 17.8 Å². The lowest BCUT2D eigenvalue weighted by Gasteiger charge is -2.12. The molecule has 2 N–H and O–H groups in total. The maximum absolute atomic E-state index is 11.5. The summed E-state index contributed by atoms with van der Waals surface area (Å²) in [6, 6.07) is 4.67. The van der Waals surface area contributed by atoms with Gasteiger partial charge in [-0.3, -0.25) is 4.55 Å². The molecule has 2 aromatic rings. The molecule has 20 heavy (non-hydrogen) atoms. The fourth-order valence-electron chi connectivity index (χ4n) is 2.23. The fourth-order valence-corrected chi connectivity index (χ4v) is 3.15. The van der Waals surface area contributed by atoms with Crippen molar-refractivity contribution in [3.63, 3.8) is 0 Å². The zero-order valence-corrected chi connectivity index (χ0v) is 12.1. The molecule has 0 atom stereocenters. The highest BCUT2D eigenvalue weighted by molar-refractivity contribution is 7.86.